The van der Waals surface area contributed by atoms with Crippen molar-refractivity contribution in [1.29, 1.82) is 0 Å². The second-order valence-corrected chi connectivity index (χ2v) is 18.8. The molecule has 10 nitrogen and oxygen atoms in total. The molecule has 3 aliphatic rings. The molecule has 0 bridgehead atoms. The highest BCUT2D eigenvalue weighted by atomic mass is 32.1. The van der Waals surface area contributed by atoms with E-state index in [2.05, 4.69) is 104 Å². The van der Waals surface area contributed by atoms with Crippen molar-refractivity contribution in [3.63, 3.8) is 0 Å². The summed E-state index contributed by atoms with van der Waals surface area (Å²) in [6.45, 7) is 15.7. The lowest BCUT2D eigenvalue weighted by molar-refractivity contribution is -0.151. The molecular formula is C52H67N3O7S3. The molecule has 2 fully saturated rings. The van der Waals surface area contributed by atoms with Crippen molar-refractivity contribution in [1.82, 2.24) is 15.1 Å². The summed E-state index contributed by atoms with van der Waals surface area (Å²) in [7, 11) is 0. The number of esters is 3. The van der Waals surface area contributed by atoms with Gasteiger partial charge in [-0.1, -0.05) is 78.9 Å². The van der Waals surface area contributed by atoms with Crippen molar-refractivity contribution < 1.29 is 33.7 Å². The number of ether oxygens (including phenoxy) is 3. The monoisotopic (exact) mass is 941 g/mol. The van der Waals surface area contributed by atoms with Gasteiger partial charge in [0.1, 0.15) is 0 Å². The second-order valence-electron chi connectivity index (χ2n) is 15.9. The van der Waals surface area contributed by atoms with Crippen LogP contribution in [0.5, 0.6) is 0 Å². The molecule has 4 atom stereocenters. The number of piperidine rings is 2. The topological polar surface area (TPSA) is 118 Å². The Morgan fingerprint density at radius 3 is 1.72 bits per heavy atom. The molecule has 0 spiro atoms. The van der Waals surface area contributed by atoms with E-state index in [9.17, 15) is 14.4 Å². The summed E-state index contributed by atoms with van der Waals surface area (Å²) in [5.41, 5.74) is 4.54. The minimum absolute atomic E-state index is 0.0210. The molecule has 5 aromatic rings. The molecule has 8 rings (SSSR count). The average molecular weight is 942 g/mol. The Hall–Kier alpha value is -4.47. The molecule has 3 aromatic heterocycles. The number of benzene rings is 2. The van der Waals surface area contributed by atoms with Crippen LogP contribution in [0.3, 0.4) is 0 Å². The van der Waals surface area contributed by atoms with Gasteiger partial charge in [0.25, 0.3) is 0 Å². The van der Waals surface area contributed by atoms with E-state index in [-0.39, 0.29) is 36.4 Å². The van der Waals surface area contributed by atoms with Crippen LogP contribution in [-0.4, -0.2) is 98.5 Å². The summed E-state index contributed by atoms with van der Waals surface area (Å²) in [5.74, 6) is 0.255. The first-order chi connectivity index (χ1) is 31.8. The minimum atomic E-state index is -0.173. The lowest BCUT2D eigenvalue weighted by Crippen LogP contribution is -2.43. The van der Waals surface area contributed by atoms with Crippen molar-refractivity contribution in [3.8, 4) is 0 Å². The van der Waals surface area contributed by atoms with Gasteiger partial charge in [-0.2, -0.15) is 0 Å². The number of rotatable bonds is 13. The summed E-state index contributed by atoms with van der Waals surface area (Å²) in [4.78, 5) is 45.2. The van der Waals surface area contributed by atoms with Crippen LogP contribution in [0.15, 0.2) is 119 Å². The van der Waals surface area contributed by atoms with E-state index in [1.807, 2.05) is 45.0 Å². The third-order valence-electron chi connectivity index (χ3n) is 11.4. The van der Waals surface area contributed by atoms with E-state index in [1.54, 1.807) is 40.9 Å². The number of likely N-dealkylation sites (tertiary alicyclic amines) is 1. The Morgan fingerprint density at radius 1 is 0.646 bits per heavy atom. The van der Waals surface area contributed by atoms with Gasteiger partial charge in [0.05, 0.1) is 37.2 Å². The molecule has 6 heterocycles. The number of carbonyl (C=O) groups is 3. The summed E-state index contributed by atoms with van der Waals surface area (Å²) in [6.07, 6.45) is 2.92. The first-order valence-corrected chi connectivity index (χ1v) is 25.6. The molecule has 0 unspecified atom stereocenters. The smallest absolute Gasteiger partial charge is 0.335 e. The molecule has 2 aromatic carbocycles. The molecule has 0 amide bonds. The summed E-state index contributed by atoms with van der Waals surface area (Å²) in [6, 6.07) is 33.3. The van der Waals surface area contributed by atoms with E-state index in [4.69, 9.17) is 19.3 Å². The molecule has 65 heavy (non-hydrogen) atoms. The van der Waals surface area contributed by atoms with Gasteiger partial charge < -0.3 is 24.6 Å². The van der Waals surface area contributed by atoms with Crippen molar-refractivity contribution in [2.75, 3.05) is 65.7 Å². The molecular weight excluding hydrogens is 875 g/mol. The number of nitrogens with zero attached hydrogens (tertiary/aromatic N) is 2. The minimum Gasteiger partial charge on any atom is -0.466 e. The standard InChI is InChI=1S/C19H23NO2S.C19H21NO2S.C12H17NO2S.C2H6O/c2*1-2-22-19(21)17-14-20(13-15-7-4-3-5-8-15)11-10-16(17)18-9-6-12-23-18;1-2-15-12(14)10-8-13-6-5-9(10)11-4-3-7-16-11;1-2-3/h3-9,12,16-17H,2,10-11,13-14H2,1H3;3-9,12H,2,10-11,13-14H2,1H3;3-4,7,9-10,13H,2,5-6,8H2,1H3;3H,2H2,1H3/t16-,17+;;9-,10+;/m0.0./s1. The van der Waals surface area contributed by atoms with Crippen LogP contribution >= 0.6 is 34.0 Å². The van der Waals surface area contributed by atoms with Gasteiger partial charge in [0.2, 0.25) is 0 Å². The lowest BCUT2D eigenvalue weighted by Gasteiger charge is -2.37. The van der Waals surface area contributed by atoms with Crippen LogP contribution in [0.4, 0.5) is 0 Å². The normalized spacial score (nSPS) is 19.8. The highest BCUT2D eigenvalue weighted by molar-refractivity contribution is 7.11. The Labute approximate surface area is 398 Å². The van der Waals surface area contributed by atoms with Crippen molar-refractivity contribution in [3.05, 3.63) is 145 Å². The van der Waals surface area contributed by atoms with Gasteiger partial charge in [0.15, 0.2) is 0 Å². The van der Waals surface area contributed by atoms with Gasteiger partial charge in [0, 0.05) is 72.3 Å². The zero-order valence-corrected chi connectivity index (χ0v) is 40.9. The quantitative estimate of drug-likeness (QED) is 0.0873. The first-order valence-electron chi connectivity index (χ1n) is 23.0. The molecule has 0 radical (unpaired) electrons. The summed E-state index contributed by atoms with van der Waals surface area (Å²) >= 11 is 5.17. The predicted molar refractivity (Wildman–Crippen MR) is 265 cm³/mol. The zero-order chi connectivity index (χ0) is 46.2. The van der Waals surface area contributed by atoms with Gasteiger partial charge in [-0.05, 0) is 111 Å². The molecule has 2 saturated heterocycles. The largest absolute Gasteiger partial charge is 0.466 e. The molecule has 3 aliphatic heterocycles. The fourth-order valence-electron chi connectivity index (χ4n) is 8.46. The number of hydrogen-bond acceptors (Lipinski definition) is 13. The summed E-state index contributed by atoms with van der Waals surface area (Å²) in [5, 5.41) is 17.1. The predicted octanol–water partition coefficient (Wildman–Crippen LogP) is 9.89. The Morgan fingerprint density at radius 2 is 1.18 bits per heavy atom. The fourth-order valence-corrected chi connectivity index (χ4v) is 11.1. The van der Waals surface area contributed by atoms with Crippen LogP contribution in [0.25, 0.3) is 5.57 Å². The molecule has 2 N–H and O–H groups in total. The lowest BCUT2D eigenvalue weighted by atomic mass is 9.84. The van der Waals surface area contributed by atoms with Crippen molar-refractivity contribution >= 4 is 57.5 Å². The molecule has 350 valence electrons. The zero-order valence-electron chi connectivity index (χ0n) is 38.4. The summed E-state index contributed by atoms with van der Waals surface area (Å²) < 4.78 is 15.8. The van der Waals surface area contributed by atoms with E-state index >= 15 is 0 Å². The Bertz CT molecular complexity index is 2110. The third-order valence-corrected chi connectivity index (χ3v) is 14.4. The van der Waals surface area contributed by atoms with Gasteiger partial charge in [-0.3, -0.25) is 19.4 Å². The number of hydrogen-bond donors (Lipinski definition) is 2. The second kappa shape index (κ2) is 28.5. The van der Waals surface area contributed by atoms with Crippen LogP contribution < -0.4 is 5.32 Å². The van der Waals surface area contributed by atoms with Gasteiger partial charge >= 0.3 is 17.9 Å². The number of aliphatic hydroxyl groups is 1. The number of thiophene rings is 3. The number of aliphatic hydroxyl groups excluding tert-OH is 1. The number of carbonyl (C=O) groups excluding carboxylic acids is 3. The first kappa shape index (κ1) is 51.5. The maximum absolute atomic E-state index is 12.5. The van der Waals surface area contributed by atoms with E-state index < -0.39 is 0 Å². The fraction of sp³-hybridized carbons (Fsp3) is 0.442. The van der Waals surface area contributed by atoms with Crippen LogP contribution in [0.2, 0.25) is 0 Å². The average Bonchev–Trinajstić information content (AvgIpc) is 4.17. The maximum atomic E-state index is 12.5. The van der Waals surface area contributed by atoms with Crippen molar-refractivity contribution in [2.24, 2.45) is 11.8 Å². The van der Waals surface area contributed by atoms with Crippen LogP contribution in [0.1, 0.15) is 84.6 Å². The maximum Gasteiger partial charge on any atom is 0.335 e. The Balaban J connectivity index is 0.000000181. The molecule has 0 saturated carbocycles. The molecule has 13 heteroatoms. The Kier molecular flexibility index (Phi) is 22.6. The third kappa shape index (κ3) is 16.1. The number of nitrogens with one attached hydrogen (secondary N) is 1. The van der Waals surface area contributed by atoms with Crippen molar-refractivity contribution in [2.45, 2.75) is 71.9 Å². The van der Waals surface area contributed by atoms with E-state index in [0.29, 0.717) is 38.2 Å². The van der Waals surface area contributed by atoms with Crippen LogP contribution in [0, 0.1) is 11.8 Å². The van der Waals surface area contributed by atoms with Gasteiger partial charge in [-0.15, -0.1) is 34.0 Å². The highest BCUT2D eigenvalue weighted by Crippen LogP contribution is 2.37. The van der Waals surface area contributed by atoms with E-state index in [1.165, 1.54) is 25.8 Å². The van der Waals surface area contributed by atoms with Gasteiger partial charge in [-0.25, -0.2) is 4.79 Å². The molecule has 0 aliphatic carbocycles. The van der Waals surface area contributed by atoms with Crippen LogP contribution in [-0.2, 0) is 41.7 Å². The van der Waals surface area contributed by atoms with E-state index in [0.717, 1.165) is 76.2 Å². The highest BCUT2D eigenvalue weighted by Gasteiger charge is 2.37. The SMILES string of the molecule is CCO.CCOC(=O)C1=C(c2cccs2)CCN(Cc2ccccc2)C1.CCOC(=O)[C@@H]1CN(Cc2ccccc2)CC[C@@H]1c1cccs1.CCOC(=O)[C@@H]1CNCC[C@@H]1c1cccs1.